The highest BCUT2D eigenvalue weighted by atomic mass is 16.3. The maximum atomic E-state index is 9.82. The number of rotatable bonds is 7. The fourth-order valence-corrected chi connectivity index (χ4v) is 4.66. The summed E-state index contributed by atoms with van der Waals surface area (Å²) in [7, 11) is 0. The summed E-state index contributed by atoms with van der Waals surface area (Å²) in [6.07, 6.45) is 11.9. The fourth-order valence-electron chi connectivity index (χ4n) is 4.66. The Balaban J connectivity index is 1.85. The van der Waals surface area contributed by atoms with Gasteiger partial charge in [-0.1, -0.05) is 46.0 Å². The molecule has 1 aliphatic heterocycles. The van der Waals surface area contributed by atoms with E-state index >= 15 is 0 Å². The van der Waals surface area contributed by atoms with Gasteiger partial charge < -0.3 is 10.0 Å². The van der Waals surface area contributed by atoms with Crippen LogP contribution in [0.2, 0.25) is 0 Å². The van der Waals surface area contributed by atoms with E-state index in [4.69, 9.17) is 0 Å². The molecule has 0 radical (unpaired) electrons. The predicted molar refractivity (Wildman–Crippen MR) is 81.3 cm³/mol. The van der Waals surface area contributed by atoms with Crippen molar-refractivity contribution in [2.75, 3.05) is 26.2 Å². The molecule has 0 aromatic heterocycles. The molecule has 2 aliphatic rings. The second-order valence-corrected chi connectivity index (χ2v) is 7.36. The van der Waals surface area contributed by atoms with E-state index in [2.05, 4.69) is 18.7 Å². The number of hydrogen-bond acceptors (Lipinski definition) is 2. The highest BCUT2D eigenvalue weighted by Gasteiger charge is 2.44. The van der Waals surface area contributed by atoms with E-state index in [1.165, 1.54) is 70.9 Å². The van der Waals surface area contributed by atoms with Gasteiger partial charge in [0.05, 0.1) is 0 Å². The largest absolute Gasteiger partial charge is 0.396 e. The normalized spacial score (nSPS) is 26.1. The van der Waals surface area contributed by atoms with Crippen molar-refractivity contribution in [2.24, 2.45) is 10.8 Å². The van der Waals surface area contributed by atoms with Crippen LogP contribution in [0.1, 0.15) is 71.6 Å². The van der Waals surface area contributed by atoms with Gasteiger partial charge in [0.25, 0.3) is 0 Å². The summed E-state index contributed by atoms with van der Waals surface area (Å²) >= 11 is 0. The van der Waals surface area contributed by atoms with Gasteiger partial charge in [-0.05, 0) is 31.1 Å². The van der Waals surface area contributed by atoms with Gasteiger partial charge in [0.15, 0.2) is 0 Å². The summed E-state index contributed by atoms with van der Waals surface area (Å²) in [5, 5.41) is 9.82. The molecule has 0 bridgehead atoms. The summed E-state index contributed by atoms with van der Waals surface area (Å²) in [6.45, 7) is 8.76. The van der Waals surface area contributed by atoms with Crippen molar-refractivity contribution in [3.63, 3.8) is 0 Å². The zero-order chi connectivity index (χ0) is 13.8. The molecule has 0 unspecified atom stereocenters. The molecule has 112 valence electrons. The molecule has 0 aromatic rings. The minimum atomic E-state index is 0.239. The first-order valence-corrected chi connectivity index (χ1v) is 8.51. The van der Waals surface area contributed by atoms with Gasteiger partial charge in [0.2, 0.25) is 0 Å². The lowest BCUT2D eigenvalue weighted by molar-refractivity contribution is -0.0604. The third-order valence-electron chi connectivity index (χ3n) is 5.49. The number of hydrogen-bond donors (Lipinski definition) is 1. The maximum absolute atomic E-state index is 9.82. The van der Waals surface area contributed by atoms with Crippen LogP contribution in [0.4, 0.5) is 0 Å². The van der Waals surface area contributed by atoms with Gasteiger partial charge in [-0.2, -0.15) is 0 Å². The molecule has 0 aromatic carbocycles. The Hall–Kier alpha value is -0.0800. The van der Waals surface area contributed by atoms with Crippen LogP contribution in [0.3, 0.4) is 0 Å². The summed E-state index contributed by atoms with van der Waals surface area (Å²) in [6, 6.07) is 0. The van der Waals surface area contributed by atoms with E-state index in [-0.39, 0.29) is 5.41 Å². The molecular weight excluding hydrogens is 234 g/mol. The van der Waals surface area contributed by atoms with Crippen molar-refractivity contribution in [3.8, 4) is 0 Å². The molecule has 1 aliphatic carbocycles. The molecule has 1 saturated heterocycles. The summed E-state index contributed by atoms with van der Waals surface area (Å²) in [5.74, 6) is 0. The molecule has 2 heteroatoms. The molecule has 0 amide bonds. The van der Waals surface area contributed by atoms with Gasteiger partial charge >= 0.3 is 0 Å². The number of aliphatic hydroxyl groups is 1. The monoisotopic (exact) mass is 267 g/mol. The minimum absolute atomic E-state index is 0.239. The molecule has 1 heterocycles. The summed E-state index contributed by atoms with van der Waals surface area (Å²) in [5.41, 5.74) is 0.859. The van der Waals surface area contributed by atoms with Crippen molar-refractivity contribution in [2.45, 2.75) is 71.6 Å². The molecule has 2 fully saturated rings. The average molecular weight is 267 g/mol. The first-order chi connectivity index (χ1) is 9.17. The molecule has 2 nitrogen and oxygen atoms in total. The van der Waals surface area contributed by atoms with Gasteiger partial charge in [0.1, 0.15) is 0 Å². The van der Waals surface area contributed by atoms with Crippen LogP contribution in [0, 0.1) is 10.8 Å². The zero-order valence-corrected chi connectivity index (χ0v) is 13.1. The molecule has 19 heavy (non-hydrogen) atoms. The Morgan fingerprint density at radius 2 is 1.47 bits per heavy atom. The molecule has 0 atom stereocenters. The first kappa shape index (κ1) is 15.3. The van der Waals surface area contributed by atoms with Gasteiger partial charge in [-0.3, -0.25) is 0 Å². The van der Waals surface area contributed by atoms with E-state index in [0.717, 1.165) is 6.54 Å². The van der Waals surface area contributed by atoms with Crippen molar-refractivity contribution in [1.29, 1.82) is 0 Å². The van der Waals surface area contributed by atoms with Crippen molar-refractivity contribution >= 4 is 0 Å². The second kappa shape index (κ2) is 6.58. The highest BCUT2D eigenvalue weighted by molar-refractivity contribution is 4.97. The van der Waals surface area contributed by atoms with Crippen LogP contribution in [0.15, 0.2) is 0 Å². The third-order valence-corrected chi connectivity index (χ3v) is 5.49. The van der Waals surface area contributed by atoms with Crippen LogP contribution in [0.5, 0.6) is 0 Å². The Morgan fingerprint density at radius 1 is 0.895 bits per heavy atom. The molecule has 1 N–H and O–H groups in total. The van der Waals surface area contributed by atoms with Gasteiger partial charge in [-0.15, -0.1) is 0 Å². The topological polar surface area (TPSA) is 23.5 Å². The maximum Gasteiger partial charge on any atom is 0.0499 e. The lowest BCUT2D eigenvalue weighted by Gasteiger charge is -2.54. The summed E-state index contributed by atoms with van der Waals surface area (Å²) < 4.78 is 0. The number of aliphatic hydroxyl groups excluding tert-OH is 1. The zero-order valence-electron chi connectivity index (χ0n) is 13.1. The van der Waals surface area contributed by atoms with Crippen molar-refractivity contribution in [1.82, 2.24) is 4.90 Å². The minimum Gasteiger partial charge on any atom is -0.396 e. The van der Waals surface area contributed by atoms with Crippen LogP contribution >= 0.6 is 0 Å². The van der Waals surface area contributed by atoms with Crippen LogP contribution in [-0.2, 0) is 0 Å². The lowest BCUT2D eigenvalue weighted by atomic mass is 9.69. The third kappa shape index (κ3) is 3.52. The second-order valence-electron chi connectivity index (χ2n) is 7.36. The molecule has 1 saturated carbocycles. The fraction of sp³-hybridized carbons (Fsp3) is 1.00. The molecule has 0 spiro atoms. The first-order valence-electron chi connectivity index (χ1n) is 8.51. The van der Waals surface area contributed by atoms with Gasteiger partial charge in [-0.25, -0.2) is 0 Å². The van der Waals surface area contributed by atoms with E-state index in [1.54, 1.807) is 0 Å². The van der Waals surface area contributed by atoms with E-state index < -0.39 is 0 Å². The Kier molecular flexibility index (Phi) is 5.30. The SMILES string of the molecule is CCCC1(CCC)CN(CC2(CO)CCCCC2)C1. The standard InChI is InChI=1S/C17H33NO/c1-3-8-16(9-4-2)12-18(13-16)14-17(15-19)10-6-5-7-11-17/h19H,3-15H2,1-2H3. The van der Waals surface area contributed by atoms with Crippen LogP contribution in [-0.4, -0.2) is 36.2 Å². The van der Waals surface area contributed by atoms with Crippen molar-refractivity contribution < 1.29 is 5.11 Å². The van der Waals surface area contributed by atoms with Crippen molar-refractivity contribution in [3.05, 3.63) is 0 Å². The number of likely N-dealkylation sites (tertiary alicyclic amines) is 1. The predicted octanol–water partition coefficient (Wildman–Crippen LogP) is 3.83. The Bertz CT molecular complexity index is 256. The van der Waals surface area contributed by atoms with Crippen LogP contribution < -0.4 is 0 Å². The smallest absolute Gasteiger partial charge is 0.0499 e. The van der Waals surface area contributed by atoms with E-state index in [1.807, 2.05) is 0 Å². The highest BCUT2D eigenvalue weighted by Crippen LogP contribution is 2.43. The molecule has 2 rings (SSSR count). The molecular formula is C17H33NO. The lowest BCUT2D eigenvalue weighted by Crippen LogP contribution is -2.59. The summed E-state index contributed by atoms with van der Waals surface area (Å²) in [4.78, 5) is 2.63. The average Bonchev–Trinajstić information content (AvgIpc) is 2.38. The van der Waals surface area contributed by atoms with Gasteiger partial charge in [0, 0.05) is 31.7 Å². The quantitative estimate of drug-likeness (QED) is 0.758. The van der Waals surface area contributed by atoms with E-state index in [0.29, 0.717) is 12.0 Å². The number of nitrogens with zero attached hydrogens (tertiary/aromatic N) is 1. The Labute approximate surface area is 119 Å². The Morgan fingerprint density at radius 3 is 1.95 bits per heavy atom. The van der Waals surface area contributed by atoms with Crippen LogP contribution in [0.25, 0.3) is 0 Å². The van der Waals surface area contributed by atoms with E-state index in [9.17, 15) is 5.11 Å².